The molecule has 0 aromatic heterocycles. The first-order chi connectivity index (χ1) is 30.0. The number of aliphatic hydroxyl groups excluding tert-OH is 10. The van der Waals surface area contributed by atoms with Gasteiger partial charge in [0.1, 0.15) is 73.2 Å². The minimum Gasteiger partial charge on any atom is -0.394 e. The zero-order valence-electron chi connectivity index (χ0n) is 37.0. The average molecular weight is 903 g/mol. The molecule has 4 saturated carbocycles. The molecule has 10 N–H and O–H groups in total. The predicted molar refractivity (Wildman–Crippen MR) is 216 cm³/mol. The summed E-state index contributed by atoms with van der Waals surface area (Å²) in [5.74, 6) is 3.29. The van der Waals surface area contributed by atoms with Crippen molar-refractivity contribution < 1.29 is 89.0 Å². The Morgan fingerprint density at radius 1 is 0.556 bits per heavy atom. The summed E-state index contributed by atoms with van der Waals surface area (Å²) in [5.41, 5.74) is 0.364. The summed E-state index contributed by atoms with van der Waals surface area (Å²) in [7, 11) is 0. The fourth-order valence-corrected chi connectivity index (χ4v) is 14.7. The molecule has 9 aliphatic rings. The maximum atomic E-state index is 11.5. The number of fused-ring (bicyclic) bond motifs is 7. The number of aliphatic hydroxyl groups is 10. The normalized spacial score (nSPS) is 58.2. The first-order valence-corrected chi connectivity index (χ1v) is 23.8. The van der Waals surface area contributed by atoms with Gasteiger partial charge in [-0.3, -0.25) is 0 Å². The molecular formula is C45H74O18. The molecule has 5 heterocycles. The third-order valence-electron chi connectivity index (χ3n) is 18.3. The van der Waals surface area contributed by atoms with Crippen LogP contribution in [0.5, 0.6) is 0 Å². The Balaban J connectivity index is 0.833. The molecule has 5 saturated heterocycles. The standard InChI is InChI=1S/C45H74O18/c1-19-7-12-45(56-18-19)20(2)30-26(63-45)14-25-23-6-5-21-13-22(8-10-43(21,3)24(23)9-11-44(25,30)4)57-40-37(55)35(53)38(29(17-48)60-40)61-42-39(34(52)32(50)28(16-47)59-42)62-41-36(54)33(51)31(49)27(15-46)58-41/h19-42,46-55H,5-18H2,1-4H3/t19-,20+,21-,22+,23-,24+,25+,26+,27-,28-,29-,30+,31-,32-,33+,34+,35-,36-,37-,38+,39-,40-,41+,42+,43+,44+,45-/m1/s1. The van der Waals surface area contributed by atoms with Gasteiger partial charge >= 0.3 is 0 Å². The minimum absolute atomic E-state index is 0.134. The molecule has 5 aliphatic heterocycles. The molecule has 4 aliphatic carbocycles. The molecule has 362 valence electrons. The van der Waals surface area contributed by atoms with Crippen LogP contribution in [0.15, 0.2) is 0 Å². The van der Waals surface area contributed by atoms with Gasteiger partial charge in [-0.1, -0.05) is 27.7 Å². The summed E-state index contributed by atoms with van der Waals surface area (Å²) in [6, 6.07) is 0. The highest BCUT2D eigenvalue weighted by Gasteiger charge is 2.69. The van der Waals surface area contributed by atoms with E-state index in [0.29, 0.717) is 41.4 Å². The van der Waals surface area contributed by atoms with E-state index in [1.54, 1.807) is 0 Å². The monoisotopic (exact) mass is 902 g/mol. The highest BCUT2D eigenvalue weighted by Crippen LogP contribution is 2.71. The van der Waals surface area contributed by atoms with Gasteiger partial charge in [0.2, 0.25) is 0 Å². The summed E-state index contributed by atoms with van der Waals surface area (Å²) in [4.78, 5) is 0. The fraction of sp³-hybridized carbons (Fsp3) is 1.00. The molecule has 1 spiro atoms. The SMILES string of the molecule is C[C@@H]1CC[C@@]2(OC1)O[C@H]1C[C@H]3[C@@H]4CC[C@@H]5C[C@@H](O[C@@H]6O[C@H](CO)[C@H](O[C@@H]7O[C@H](CO)[C@@H](O)[C@H](O)[C@H]7O[C@@H]7O[C@H](CO)[C@@H](O)[C@H](O)[C@H]7O)[C@H](O)[C@H]6O)CC[C@]5(C)[C@H]4CC[C@]3(C)[C@H]1[C@@H]2C. The van der Waals surface area contributed by atoms with E-state index in [2.05, 4.69) is 27.7 Å². The highest BCUT2D eigenvalue weighted by atomic mass is 16.8. The Morgan fingerprint density at radius 3 is 1.84 bits per heavy atom. The molecule has 0 unspecified atom stereocenters. The van der Waals surface area contributed by atoms with E-state index in [1.165, 1.54) is 12.8 Å². The van der Waals surface area contributed by atoms with Crippen LogP contribution in [0, 0.1) is 52.3 Å². The van der Waals surface area contributed by atoms with E-state index >= 15 is 0 Å². The Bertz CT molecular complexity index is 1570. The zero-order valence-corrected chi connectivity index (χ0v) is 37.0. The van der Waals surface area contributed by atoms with Crippen LogP contribution in [0.2, 0.25) is 0 Å². The Hall–Kier alpha value is -0.720. The lowest BCUT2D eigenvalue weighted by molar-refractivity contribution is -0.390. The van der Waals surface area contributed by atoms with Gasteiger partial charge in [-0.25, -0.2) is 0 Å². The first-order valence-electron chi connectivity index (χ1n) is 23.8. The topological polar surface area (TPSA) is 276 Å². The van der Waals surface area contributed by atoms with Crippen molar-refractivity contribution in [1.82, 2.24) is 0 Å². The quantitative estimate of drug-likeness (QED) is 0.128. The van der Waals surface area contributed by atoms with Crippen LogP contribution in [-0.2, 0) is 37.9 Å². The van der Waals surface area contributed by atoms with Crippen molar-refractivity contribution >= 4 is 0 Å². The maximum absolute atomic E-state index is 11.5. The van der Waals surface area contributed by atoms with Crippen LogP contribution >= 0.6 is 0 Å². The lowest BCUT2D eigenvalue weighted by atomic mass is 9.44. The summed E-state index contributed by atoms with van der Waals surface area (Å²) in [6.45, 7) is 8.23. The van der Waals surface area contributed by atoms with Crippen molar-refractivity contribution in [3.8, 4) is 0 Å². The van der Waals surface area contributed by atoms with Gasteiger partial charge in [0, 0.05) is 12.3 Å². The van der Waals surface area contributed by atoms with Crippen molar-refractivity contribution in [2.24, 2.45) is 52.3 Å². The van der Waals surface area contributed by atoms with Crippen molar-refractivity contribution in [2.45, 2.75) is 202 Å². The van der Waals surface area contributed by atoms with Crippen LogP contribution in [0.4, 0.5) is 0 Å². The Kier molecular flexibility index (Phi) is 13.5. The van der Waals surface area contributed by atoms with Crippen LogP contribution in [0.1, 0.15) is 91.9 Å². The molecule has 63 heavy (non-hydrogen) atoms. The second kappa shape index (κ2) is 18.0. The first kappa shape index (κ1) is 47.4. The lowest BCUT2D eigenvalue weighted by Gasteiger charge is -2.61. The van der Waals surface area contributed by atoms with Gasteiger partial charge in [0.05, 0.1) is 38.6 Å². The van der Waals surface area contributed by atoms with Gasteiger partial charge in [-0.15, -0.1) is 0 Å². The third-order valence-corrected chi connectivity index (χ3v) is 18.3. The smallest absolute Gasteiger partial charge is 0.187 e. The number of ether oxygens (including phenoxy) is 8. The van der Waals surface area contributed by atoms with Crippen LogP contribution in [-0.4, -0.2) is 188 Å². The predicted octanol–water partition coefficient (Wildman–Crippen LogP) is -0.734. The fourth-order valence-electron chi connectivity index (χ4n) is 14.7. The van der Waals surface area contributed by atoms with Gasteiger partial charge in [-0.05, 0) is 104 Å². The summed E-state index contributed by atoms with van der Waals surface area (Å²) in [5, 5.41) is 106. The summed E-state index contributed by atoms with van der Waals surface area (Å²) >= 11 is 0. The number of rotatable bonds is 9. The zero-order chi connectivity index (χ0) is 44.9. The Labute approximate surface area is 369 Å². The van der Waals surface area contributed by atoms with E-state index in [4.69, 9.17) is 37.9 Å². The molecule has 18 heteroatoms. The largest absolute Gasteiger partial charge is 0.394 e. The van der Waals surface area contributed by atoms with Crippen molar-refractivity contribution in [2.75, 3.05) is 26.4 Å². The highest BCUT2D eigenvalue weighted by molar-refractivity contribution is 5.15. The maximum Gasteiger partial charge on any atom is 0.187 e. The van der Waals surface area contributed by atoms with E-state index in [9.17, 15) is 51.1 Å². The lowest BCUT2D eigenvalue weighted by Crippen LogP contribution is -2.67. The van der Waals surface area contributed by atoms with E-state index in [1.807, 2.05) is 0 Å². The molecule has 0 aromatic rings. The summed E-state index contributed by atoms with van der Waals surface area (Å²) < 4.78 is 49.0. The van der Waals surface area contributed by atoms with Gasteiger partial charge < -0.3 is 89.0 Å². The van der Waals surface area contributed by atoms with Crippen molar-refractivity contribution in [3.63, 3.8) is 0 Å². The van der Waals surface area contributed by atoms with Crippen molar-refractivity contribution in [1.29, 1.82) is 0 Å². The van der Waals surface area contributed by atoms with Crippen LogP contribution in [0.3, 0.4) is 0 Å². The number of hydrogen-bond acceptors (Lipinski definition) is 18. The molecule has 0 amide bonds. The molecule has 0 radical (unpaired) electrons. The molecule has 0 bridgehead atoms. The average Bonchev–Trinajstić information content (AvgIpc) is 3.72. The van der Waals surface area contributed by atoms with E-state index in [-0.39, 0.29) is 23.0 Å². The Morgan fingerprint density at radius 2 is 1.16 bits per heavy atom. The molecule has 9 rings (SSSR count). The molecule has 27 atom stereocenters. The molecule has 9 fully saturated rings. The van der Waals surface area contributed by atoms with Gasteiger partial charge in [-0.2, -0.15) is 0 Å². The van der Waals surface area contributed by atoms with Crippen LogP contribution < -0.4 is 0 Å². The third kappa shape index (κ3) is 7.88. The molecule has 0 aromatic carbocycles. The molecule has 18 nitrogen and oxygen atoms in total. The number of hydrogen-bond donors (Lipinski definition) is 10. The minimum atomic E-state index is -1.89. The molecular weight excluding hydrogens is 828 g/mol. The second-order valence-corrected chi connectivity index (χ2v) is 21.5. The van der Waals surface area contributed by atoms with Gasteiger partial charge in [0.15, 0.2) is 24.7 Å². The van der Waals surface area contributed by atoms with Gasteiger partial charge in [0.25, 0.3) is 0 Å². The van der Waals surface area contributed by atoms with Crippen LogP contribution in [0.25, 0.3) is 0 Å². The van der Waals surface area contributed by atoms with Crippen molar-refractivity contribution in [3.05, 3.63) is 0 Å². The van der Waals surface area contributed by atoms with E-state index < -0.39 is 118 Å². The summed E-state index contributed by atoms with van der Waals surface area (Å²) in [6.07, 6.45) is -14.2. The van der Waals surface area contributed by atoms with E-state index in [0.717, 1.165) is 58.0 Å². The second-order valence-electron chi connectivity index (χ2n) is 21.5.